The fourth-order valence-electron chi connectivity index (χ4n) is 2.50. The van der Waals surface area contributed by atoms with Crippen LogP contribution in [0.3, 0.4) is 0 Å². The molecule has 1 aromatic heterocycles. The number of aromatic nitrogens is 2. The average molecular weight is 273 g/mol. The van der Waals surface area contributed by atoms with Crippen LogP contribution in [0.4, 0.5) is 5.82 Å². The van der Waals surface area contributed by atoms with Crippen molar-refractivity contribution in [2.75, 3.05) is 24.7 Å². The van der Waals surface area contributed by atoms with Crippen molar-refractivity contribution in [3.8, 4) is 0 Å². The van der Waals surface area contributed by atoms with Gasteiger partial charge < -0.3 is 14.7 Å². The van der Waals surface area contributed by atoms with Crippen LogP contribution in [-0.4, -0.2) is 47.1 Å². The molecule has 1 saturated heterocycles. The highest BCUT2D eigenvalue weighted by atomic mass is 16.5. The zero-order valence-electron chi connectivity index (χ0n) is 11.1. The number of carboxylic acid groups (broad SMARTS) is 1. The highest BCUT2D eigenvalue weighted by molar-refractivity contribution is 5.94. The van der Waals surface area contributed by atoms with Gasteiger partial charge in [-0.15, -0.1) is 5.10 Å². The third kappa shape index (κ3) is 2.08. The fourth-order valence-corrected chi connectivity index (χ4v) is 2.50. The quantitative estimate of drug-likeness (QED) is 0.887. The van der Waals surface area contributed by atoms with Crippen LogP contribution in [0.2, 0.25) is 0 Å². The number of carbonyl (C=O) groups is 1. The summed E-state index contributed by atoms with van der Waals surface area (Å²) in [4.78, 5) is 13.1. The van der Waals surface area contributed by atoms with E-state index in [0.29, 0.717) is 19.0 Å². The van der Waals surface area contributed by atoms with Crippen molar-refractivity contribution in [3.05, 3.63) is 30.0 Å². The van der Waals surface area contributed by atoms with Gasteiger partial charge in [-0.05, 0) is 6.92 Å². The van der Waals surface area contributed by atoms with Crippen LogP contribution in [0, 0.1) is 6.92 Å². The first-order valence-corrected chi connectivity index (χ1v) is 6.47. The molecule has 0 aliphatic carbocycles. The van der Waals surface area contributed by atoms with Crippen molar-refractivity contribution in [3.63, 3.8) is 0 Å². The summed E-state index contributed by atoms with van der Waals surface area (Å²) in [6.45, 7) is 3.05. The molecule has 1 fully saturated rings. The molecule has 6 nitrogen and oxygen atoms in total. The van der Waals surface area contributed by atoms with Crippen LogP contribution in [0.1, 0.15) is 5.69 Å². The largest absolute Gasteiger partial charge is 0.480 e. The van der Waals surface area contributed by atoms with Gasteiger partial charge in [0.1, 0.15) is 0 Å². The van der Waals surface area contributed by atoms with Crippen LogP contribution in [0.15, 0.2) is 24.3 Å². The van der Waals surface area contributed by atoms with Gasteiger partial charge in [-0.25, -0.2) is 4.79 Å². The summed E-state index contributed by atoms with van der Waals surface area (Å²) in [5, 5.41) is 19.6. The van der Waals surface area contributed by atoms with Crippen LogP contribution < -0.4 is 4.90 Å². The number of anilines is 1. The lowest BCUT2D eigenvalue weighted by Gasteiger charge is -2.34. The van der Waals surface area contributed by atoms with Gasteiger partial charge in [-0.2, -0.15) is 5.10 Å². The molecule has 2 heterocycles. The normalized spacial score (nSPS) is 19.2. The summed E-state index contributed by atoms with van der Waals surface area (Å²) >= 11 is 0. The molecule has 20 heavy (non-hydrogen) atoms. The molecule has 0 spiro atoms. The predicted octanol–water partition coefficient (Wildman–Crippen LogP) is 1.23. The first-order chi connectivity index (χ1) is 9.68. The molecular weight excluding hydrogens is 258 g/mol. The molecule has 6 heteroatoms. The van der Waals surface area contributed by atoms with Crippen LogP contribution in [0.5, 0.6) is 0 Å². The maximum Gasteiger partial charge on any atom is 0.328 e. The molecule has 0 radical (unpaired) electrons. The van der Waals surface area contributed by atoms with E-state index in [9.17, 15) is 9.90 Å². The number of aryl methyl sites for hydroxylation is 1. The van der Waals surface area contributed by atoms with Gasteiger partial charge in [0.05, 0.1) is 18.9 Å². The van der Waals surface area contributed by atoms with Gasteiger partial charge in [0, 0.05) is 17.3 Å². The van der Waals surface area contributed by atoms with Crippen molar-refractivity contribution in [1.82, 2.24) is 10.2 Å². The summed E-state index contributed by atoms with van der Waals surface area (Å²) in [6, 6.07) is 7.06. The number of benzene rings is 1. The van der Waals surface area contributed by atoms with E-state index < -0.39 is 12.0 Å². The smallest absolute Gasteiger partial charge is 0.328 e. The Hall–Kier alpha value is -2.21. The molecule has 0 amide bonds. The number of hydrogen-bond donors (Lipinski definition) is 1. The number of hydrogen-bond acceptors (Lipinski definition) is 5. The second-order valence-corrected chi connectivity index (χ2v) is 4.78. The Labute approximate surface area is 116 Å². The molecule has 0 saturated carbocycles. The molecular formula is C14H15N3O3. The van der Waals surface area contributed by atoms with Crippen LogP contribution >= 0.6 is 0 Å². The van der Waals surface area contributed by atoms with E-state index >= 15 is 0 Å². The second-order valence-electron chi connectivity index (χ2n) is 4.78. The lowest BCUT2D eigenvalue weighted by atomic mass is 10.1. The van der Waals surface area contributed by atoms with Gasteiger partial charge >= 0.3 is 5.97 Å². The first-order valence-electron chi connectivity index (χ1n) is 6.47. The summed E-state index contributed by atoms with van der Waals surface area (Å²) < 4.78 is 5.26. The van der Waals surface area contributed by atoms with Crippen LogP contribution in [0.25, 0.3) is 10.8 Å². The van der Waals surface area contributed by atoms with Gasteiger partial charge in [-0.1, -0.05) is 24.3 Å². The highest BCUT2D eigenvalue weighted by Gasteiger charge is 2.31. The second kappa shape index (κ2) is 5.05. The topological polar surface area (TPSA) is 75.5 Å². The number of rotatable bonds is 2. The van der Waals surface area contributed by atoms with E-state index in [1.165, 1.54) is 0 Å². The van der Waals surface area contributed by atoms with E-state index in [1.54, 1.807) is 4.90 Å². The third-order valence-electron chi connectivity index (χ3n) is 3.54. The number of ether oxygens (including phenoxy) is 1. The standard InChI is InChI=1S/C14H15N3O3/c1-9-10-4-2-3-5-11(10)13(16-15-9)17-6-7-20-8-12(17)14(18)19/h2-5,12H,6-8H2,1H3,(H,18,19). The number of fused-ring (bicyclic) bond motifs is 1. The first kappa shape index (κ1) is 12.8. The van der Waals surface area contributed by atoms with E-state index in [0.717, 1.165) is 16.5 Å². The Kier molecular flexibility index (Phi) is 3.23. The Morgan fingerprint density at radius 3 is 2.85 bits per heavy atom. The lowest BCUT2D eigenvalue weighted by Crippen LogP contribution is -2.50. The Balaban J connectivity index is 2.13. The minimum Gasteiger partial charge on any atom is -0.480 e. The van der Waals surface area contributed by atoms with Crippen molar-refractivity contribution in [2.45, 2.75) is 13.0 Å². The van der Waals surface area contributed by atoms with Crippen molar-refractivity contribution in [1.29, 1.82) is 0 Å². The van der Waals surface area contributed by atoms with Crippen LogP contribution in [-0.2, 0) is 9.53 Å². The third-order valence-corrected chi connectivity index (χ3v) is 3.54. The SMILES string of the molecule is Cc1nnc(N2CCOCC2C(=O)O)c2ccccc12. The van der Waals surface area contributed by atoms with Gasteiger partial charge in [0.2, 0.25) is 0 Å². The Bertz CT molecular complexity index is 659. The number of aliphatic carboxylic acids is 1. The summed E-state index contributed by atoms with van der Waals surface area (Å²) in [6.07, 6.45) is 0. The average Bonchev–Trinajstić information content (AvgIpc) is 2.48. The molecule has 1 aliphatic rings. The highest BCUT2D eigenvalue weighted by Crippen LogP contribution is 2.27. The fraction of sp³-hybridized carbons (Fsp3) is 0.357. The number of carboxylic acids is 1. The maximum absolute atomic E-state index is 11.4. The molecule has 1 aliphatic heterocycles. The Morgan fingerprint density at radius 2 is 2.10 bits per heavy atom. The lowest BCUT2D eigenvalue weighted by molar-refractivity contribution is -0.141. The van der Waals surface area contributed by atoms with Gasteiger partial charge in [-0.3, -0.25) is 0 Å². The minimum absolute atomic E-state index is 0.166. The van der Waals surface area contributed by atoms with E-state index in [4.69, 9.17) is 4.74 Å². The molecule has 0 bridgehead atoms. The molecule has 3 rings (SSSR count). The molecule has 2 aromatic rings. The number of nitrogens with zero attached hydrogens (tertiary/aromatic N) is 3. The molecule has 104 valence electrons. The van der Waals surface area contributed by atoms with E-state index in [2.05, 4.69) is 10.2 Å². The molecule has 1 atom stereocenters. The monoisotopic (exact) mass is 273 g/mol. The van der Waals surface area contributed by atoms with Crippen molar-refractivity contribution in [2.24, 2.45) is 0 Å². The van der Waals surface area contributed by atoms with E-state index in [-0.39, 0.29) is 6.61 Å². The molecule has 1 unspecified atom stereocenters. The summed E-state index contributed by atoms with van der Waals surface area (Å²) in [7, 11) is 0. The zero-order chi connectivity index (χ0) is 14.1. The van der Waals surface area contributed by atoms with Gasteiger partial charge in [0.25, 0.3) is 0 Å². The predicted molar refractivity (Wildman–Crippen MR) is 73.9 cm³/mol. The molecule has 1 N–H and O–H groups in total. The summed E-state index contributed by atoms with van der Waals surface area (Å²) in [5.74, 6) is -0.293. The Morgan fingerprint density at radius 1 is 1.35 bits per heavy atom. The van der Waals surface area contributed by atoms with Crippen molar-refractivity contribution < 1.29 is 14.6 Å². The van der Waals surface area contributed by atoms with Crippen molar-refractivity contribution >= 4 is 22.6 Å². The van der Waals surface area contributed by atoms with Gasteiger partial charge in [0.15, 0.2) is 11.9 Å². The number of morpholine rings is 1. The maximum atomic E-state index is 11.4. The minimum atomic E-state index is -0.906. The molecule has 1 aromatic carbocycles. The van der Waals surface area contributed by atoms with E-state index in [1.807, 2.05) is 31.2 Å². The zero-order valence-corrected chi connectivity index (χ0v) is 11.1. The summed E-state index contributed by atoms with van der Waals surface area (Å²) in [5.41, 5.74) is 0.837.